The quantitative estimate of drug-likeness (QED) is 0.115. The third kappa shape index (κ3) is 5.72. The Kier molecular flexibility index (Phi) is 7.14. The molecule has 0 bridgehead atoms. The third-order valence-corrected chi connectivity index (χ3v) is 7.38. The maximum absolute atomic E-state index is 12.6. The first kappa shape index (κ1) is 27.0. The van der Waals surface area contributed by atoms with Crippen molar-refractivity contribution in [3.8, 4) is 11.1 Å². The molecule has 0 aliphatic rings. The number of aromatic nitrogens is 4. The second kappa shape index (κ2) is 10.9. The largest absolute Gasteiger partial charge is 0.403 e. The lowest BCUT2D eigenvalue weighted by Gasteiger charge is -2.11. The zero-order chi connectivity index (χ0) is 29.1. The number of carbonyl (C=O) groups excluding carboxylic acids is 2. The van der Waals surface area contributed by atoms with Crippen LogP contribution in [0.3, 0.4) is 0 Å². The number of nitrogens with one attached hydrogen (secondary N) is 3. The molecule has 5 rings (SSSR count). The van der Waals surface area contributed by atoms with Crippen molar-refractivity contribution in [1.29, 1.82) is 0 Å². The minimum atomic E-state index is -4.14. The molecule has 5 aromatic rings. The number of H-pyrrole nitrogens is 1. The number of nitrogen functional groups attached to an aromatic ring is 1. The van der Waals surface area contributed by atoms with Gasteiger partial charge in [-0.2, -0.15) is 17.9 Å². The fourth-order valence-corrected chi connectivity index (χ4v) is 4.90. The number of anilines is 2. The molecule has 0 unspecified atom stereocenters. The Morgan fingerprint density at radius 2 is 1.85 bits per heavy atom. The Balaban J connectivity index is 1.29. The number of sulfonamides is 1. The highest BCUT2D eigenvalue weighted by Gasteiger charge is 2.18. The molecule has 3 aromatic heterocycles. The summed E-state index contributed by atoms with van der Waals surface area (Å²) in [7, 11) is -4.14. The van der Waals surface area contributed by atoms with Gasteiger partial charge in [-0.05, 0) is 65.9 Å². The zero-order valence-electron chi connectivity index (χ0n) is 21.5. The number of carbonyl (C=O) groups is 2. The van der Waals surface area contributed by atoms with E-state index in [1.165, 1.54) is 18.3 Å². The van der Waals surface area contributed by atoms with Crippen LogP contribution in [-0.2, 0) is 19.6 Å². The predicted molar refractivity (Wildman–Crippen MR) is 155 cm³/mol. The average Bonchev–Trinajstić information content (AvgIpc) is 3.43. The summed E-state index contributed by atoms with van der Waals surface area (Å²) in [6, 6.07) is 11.5. The molecule has 0 aliphatic heterocycles. The molecule has 14 heteroatoms. The van der Waals surface area contributed by atoms with E-state index < -0.39 is 21.8 Å². The van der Waals surface area contributed by atoms with Gasteiger partial charge >= 0.3 is 11.8 Å². The van der Waals surface area contributed by atoms with Gasteiger partial charge < -0.3 is 22.1 Å². The first-order valence-electron chi connectivity index (χ1n) is 12.0. The van der Waals surface area contributed by atoms with Crippen LogP contribution in [0, 0.1) is 6.92 Å². The molecule has 41 heavy (non-hydrogen) atoms. The number of benzene rings is 2. The number of aryl methyl sites for hydroxylation is 1. The Morgan fingerprint density at radius 1 is 1.02 bits per heavy atom. The number of pyridine rings is 2. The third-order valence-electron chi connectivity index (χ3n) is 6.15. The van der Waals surface area contributed by atoms with Gasteiger partial charge in [-0.3, -0.25) is 19.7 Å². The van der Waals surface area contributed by atoms with Crippen molar-refractivity contribution in [2.75, 3.05) is 11.1 Å². The van der Waals surface area contributed by atoms with Crippen molar-refractivity contribution in [3.63, 3.8) is 0 Å². The van der Waals surface area contributed by atoms with Gasteiger partial charge in [0, 0.05) is 46.8 Å². The summed E-state index contributed by atoms with van der Waals surface area (Å²) in [5.74, 6) is -2.09. The molecule has 3 heterocycles. The van der Waals surface area contributed by atoms with Crippen molar-refractivity contribution < 1.29 is 18.0 Å². The first-order valence-corrected chi connectivity index (χ1v) is 13.5. The van der Waals surface area contributed by atoms with Gasteiger partial charge in [-0.1, -0.05) is 0 Å². The first-order chi connectivity index (χ1) is 19.6. The van der Waals surface area contributed by atoms with Crippen molar-refractivity contribution in [1.82, 2.24) is 25.5 Å². The number of fused-ring (bicyclic) bond motifs is 2. The lowest BCUT2D eigenvalue weighted by atomic mass is 9.99. The lowest BCUT2D eigenvalue weighted by molar-refractivity contribution is -0.135. The molecule has 0 fully saturated rings. The molecule has 0 aliphatic carbocycles. The summed E-state index contributed by atoms with van der Waals surface area (Å²) < 4.78 is 28.8. The number of allylic oxidation sites excluding steroid dienone is 1. The van der Waals surface area contributed by atoms with Crippen LogP contribution < -0.4 is 22.1 Å². The lowest BCUT2D eigenvalue weighted by Crippen LogP contribution is -2.35. The van der Waals surface area contributed by atoms with Gasteiger partial charge in [-0.25, -0.2) is 4.98 Å². The van der Waals surface area contributed by atoms with E-state index >= 15 is 0 Å². The number of aromatic amines is 1. The molecule has 206 valence electrons. The second-order valence-corrected chi connectivity index (χ2v) is 10.5. The molecule has 0 spiro atoms. The number of nitrogens with two attached hydrogens (primary N) is 2. The topological polar surface area (TPSA) is 211 Å². The van der Waals surface area contributed by atoms with E-state index in [0.717, 1.165) is 34.5 Å². The van der Waals surface area contributed by atoms with E-state index in [-0.39, 0.29) is 16.4 Å². The van der Waals surface area contributed by atoms with E-state index in [0.29, 0.717) is 22.0 Å². The van der Waals surface area contributed by atoms with Crippen LogP contribution in [0.25, 0.3) is 32.8 Å². The van der Waals surface area contributed by atoms with Gasteiger partial charge in [0.2, 0.25) is 0 Å². The molecular formula is C27H23N9O4S. The summed E-state index contributed by atoms with van der Waals surface area (Å²) in [6.07, 6.45) is 8.20. The molecule has 0 atom stereocenters. The number of nitrogens with zero attached hydrogens (tertiary/aromatic N) is 4. The Labute approximate surface area is 233 Å². The Morgan fingerprint density at radius 3 is 2.63 bits per heavy atom. The van der Waals surface area contributed by atoms with Crippen LogP contribution in [-0.4, -0.2) is 46.6 Å². The monoisotopic (exact) mass is 569 g/mol. The van der Waals surface area contributed by atoms with E-state index in [2.05, 4.69) is 35.2 Å². The van der Waals surface area contributed by atoms with Crippen LogP contribution in [0.1, 0.15) is 5.56 Å². The highest BCUT2D eigenvalue weighted by Crippen LogP contribution is 2.31. The normalized spacial score (nSPS) is 12.2. The van der Waals surface area contributed by atoms with E-state index in [1.54, 1.807) is 30.7 Å². The molecule has 2 aromatic carbocycles. The van der Waals surface area contributed by atoms with E-state index in [4.69, 9.17) is 11.5 Å². The van der Waals surface area contributed by atoms with Crippen LogP contribution in [0.4, 0.5) is 11.5 Å². The van der Waals surface area contributed by atoms with Gasteiger partial charge in [0.1, 0.15) is 5.82 Å². The fraction of sp³-hybridized carbons (Fsp3) is 0.0370. The van der Waals surface area contributed by atoms with Crippen molar-refractivity contribution in [2.24, 2.45) is 10.1 Å². The molecule has 7 N–H and O–H groups in total. The average molecular weight is 570 g/mol. The maximum Gasteiger partial charge on any atom is 0.315 e. The summed E-state index contributed by atoms with van der Waals surface area (Å²) in [5, 5.41) is 13.2. The van der Waals surface area contributed by atoms with Crippen molar-refractivity contribution >= 4 is 61.2 Å². The summed E-state index contributed by atoms with van der Waals surface area (Å²) in [6.45, 7) is 1.96. The molecule has 13 nitrogen and oxygen atoms in total. The van der Waals surface area contributed by atoms with Crippen molar-refractivity contribution in [2.45, 2.75) is 11.8 Å². The predicted octanol–water partition coefficient (Wildman–Crippen LogP) is 2.38. The van der Waals surface area contributed by atoms with Gasteiger partial charge in [0.15, 0.2) is 0 Å². The van der Waals surface area contributed by atoms with Crippen LogP contribution in [0.15, 0.2) is 88.4 Å². The molecular weight excluding hydrogens is 546 g/mol. The second-order valence-electron chi connectivity index (χ2n) is 8.91. The van der Waals surface area contributed by atoms with E-state index in [1.807, 2.05) is 25.1 Å². The SMILES string of the molecule is Cc1ccncc1-c1cc(N)c2cnc(NC(=O)C(=O)NC(C=NS(=O)(=O)c3ccc4cn[nH]c4c3)=CN)cc2c1. The summed E-state index contributed by atoms with van der Waals surface area (Å²) in [4.78, 5) is 33.4. The summed E-state index contributed by atoms with van der Waals surface area (Å²) in [5.41, 5.74) is 15.3. The molecule has 0 saturated carbocycles. The standard InChI is InChI=1S/C27H23N9O4S/c1-15-4-5-30-13-21(15)17-6-18-8-25(31-14-22(18)23(29)7-17)35-27(38)26(37)34-19(10-28)12-33-41(39,40)20-3-2-16-11-32-36-24(16)9-20/h2-14H,28-29H2,1H3,(H,32,36)(H,34,37)(H,31,35,38). The minimum Gasteiger partial charge on any atom is -0.403 e. The number of hydrogen-bond donors (Lipinski definition) is 5. The number of hydrogen-bond acceptors (Lipinski definition) is 9. The van der Waals surface area contributed by atoms with Crippen molar-refractivity contribution in [3.05, 3.63) is 84.7 Å². The van der Waals surface area contributed by atoms with Gasteiger partial charge in [0.05, 0.1) is 28.5 Å². The maximum atomic E-state index is 12.6. The van der Waals surface area contributed by atoms with Crippen LogP contribution in [0.2, 0.25) is 0 Å². The number of rotatable bonds is 6. The molecule has 0 saturated heterocycles. The van der Waals surface area contributed by atoms with Gasteiger partial charge in [-0.15, -0.1) is 0 Å². The van der Waals surface area contributed by atoms with E-state index in [9.17, 15) is 18.0 Å². The molecule has 2 amide bonds. The Bertz CT molecular complexity index is 2000. The summed E-state index contributed by atoms with van der Waals surface area (Å²) >= 11 is 0. The zero-order valence-corrected chi connectivity index (χ0v) is 22.3. The highest BCUT2D eigenvalue weighted by molar-refractivity contribution is 7.90. The Hall–Kier alpha value is -5.63. The van der Waals surface area contributed by atoms with Crippen LogP contribution >= 0.6 is 0 Å². The smallest absolute Gasteiger partial charge is 0.315 e. The minimum absolute atomic E-state index is 0.0980. The highest BCUT2D eigenvalue weighted by atomic mass is 32.2. The number of amides is 2. The fourth-order valence-electron chi connectivity index (χ4n) is 4.02. The van der Waals surface area contributed by atoms with Crippen LogP contribution in [0.5, 0.6) is 0 Å². The van der Waals surface area contributed by atoms with Gasteiger partial charge in [0.25, 0.3) is 10.0 Å². The molecule has 0 radical (unpaired) electrons.